The van der Waals surface area contributed by atoms with Crippen LogP contribution >= 0.6 is 0 Å². The lowest BCUT2D eigenvalue weighted by Crippen LogP contribution is -2.33. The van der Waals surface area contributed by atoms with Gasteiger partial charge in [0.05, 0.1) is 48.7 Å². The molecule has 0 bridgehead atoms. The topological polar surface area (TPSA) is 176 Å². The molecular formula is C42H54F4N6O10. The molecule has 16 nitrogen and oxygen atoms in total. The van der Waals surface area contributed by atoms with Crippen molar-refractivity contribution in [1.82, 2.24) is 20.4 Å². The monoisotopic (exact) mass is 878 g/mol. The number of benzene rings is 2. The first-order valence-corrected chi connectivity index (χ1v) is 19.9. The Morgan fingerprint density at radius 3 is 1.63 bits per heavy atom. The molecule has 20 heteroatoms. The maximum Gasteiger partial charge on any atom is 0.414 e. The summed E-state index contributed by atoms with van der Waals surface area (Å²) in [4.78, 5) is 76.5. The highest BCUT2D eigenvalue weighted by Gasteiger charge is 2.38. The van der Waals surface area contributed by atoms with Gasteiger partial charge in [0.15, 0.2) is 23.2 Å². The number of Topliss-reactive ketones (excluding diaryl/α,β-unsaturated/α-hetero) is 2. The highest BCUT2D eigenvalue weighted by molar-refractivity contribution is 6.10. The molecule has 4 aliphatic rings. The Balaban J connectivity index is 0.000000234. The molecule has 0 radical (unpaired) electrons. The molecule has 2 aromatic carbocycles. The van der Waals surface area contributed by atoms with Crippen LogP contribution in [0.5, 0.6) is 0 Å². The summed E-state index contributed by atoms with van der Waals surface area (Å²) in [6.45, 7) is 2.77. The number of ketones is 2. The molecule has 2 saturated heterocycles. The van der Waals surface area contributed by atoms with Crippen molar-refractivity contribution >= 4 is 46.9 Å². The maximum absolute atomic E-state index is 15.3. The Labute approximate surface area is 357 Å². The zero-order valence-corrected chi connectivity index (χ0v) is 36.1. The van der Waals surface area contributed by atoms with Crippen LogP contribution in [0, 0.1) is 23.3 Å². The Bertz CT molecular complexity index is 2060. The SMILES string of the molecule is CC(=O)NC[C@H]1CN(c2cc(F)c3c(c2F)CCC/C(=C\N(C)C)C3=O)C(=O)O1.CC(=O)NC[C@H]1CN(c2cc(F)c3c(c2F)CCCCC3=O)C(=O)O1.COC(OC)N(C)C. The molecule has 2 aliphatic carbocycles. The molecule has 62 heavy (non-hydrogen) atoms. The lowest BCUT2D eigenvalue weighted by atomic mass is 9.97. The first-order valence-electron chi connectivity index (χ1n) is 19.9. The number of cyclic esters (lactones) is 2. The Morgan fingerprint density at radius 2 is 1.19 bits per heavy atom. The number of nitrogens with one attached hydrogen (secondary N) is 2. The smallest absolute Gasteiger partial charge is 0.414 e. The number of amides is 4. The van der Waals surface area contributed by atoms with Gasteiger partial charge in [-0.2, -0.15) is 0 Å². The fourth-order valence-electron chi connectivity index (χ4n) is 7.30. The molecule has 0 saturated carbocycles. The van der Waals surface area contributed by atoms with Crippen LogP contribution in [-0.2, 0) is 41.4 Å². The van der Waals surface area contributed by atoms with Gasteiger partial charge in [-0.15, -0.1) is 0 Å². The van der Waals surface area contributed by atoms with Crippen LogP contribution in [0.3, 0.4) is 0 Å². The molecule has 6 rings (SSSR count). The molecule has 340 valence electrons. The lowest BCUT2D eigenvalue weighted by molar-refractivity contribution is -0.179. The molecule has 0 aromatic heterocycles. The van der Waals surface area contributed by atoms with Gasteiger partial charge in [0.25, 0.3) is 0 Å². The van der Waals surface area contributed by atoms with E-state index in [9.17, 15) is 41.9 Å². The molecule has 4 amide bonds. The second-order valence-corrected chi connectivity index (χ2v) is 15.4. The van der Waals surface area contributed by atoms with Crippen molar-refractivity contribution in [1.29, 1.82) is 0 Å². The summed E-state index contributed by atoms with van der Waals surface area (Å²) in [6.07, 6.45) is 1.09. The van der Waals surface area contributed by atoms with Crippen LogP contribution < -0.4 is 20.4 Å². The van der Waals surface area contributed by atoms with Gasteiger partial charge in [0.2, 0.25) is 18.2 Å². The number of nitrogens with zero attached hydrogens (tertiary/aromatic N) is 4. The zero-order valence-electron chi connectivity index (χ0n) is 36.1. The normalized spacial score (nSPS) is 19.1. The van der Waals surface area contributed by atoms with Crippen LogP contribution in [-0.4, -0.2) is 133 Å². The Hall–Kier alpha value is -5.60. The summed E-state index contributed by atoms with van der Waals surface area (Å²) in [5, 5.41) is 5.04. The largest absolute Gasteiger partial charge is 0.442 e. The van der Waals surface area contributed by atoms with Gasteiger partial charge in [-0.05, 0) is 52.6 Å². The molecule has 2 aromatic rings. The van der Waals surface area contributed by atoms with E-state index in [1.54, 1.807) is 39.4 Å². The number of allylic oxidation sites excluding steroid dienone is 1. The predicted octanol–water partition coefficient (Wildman–Crippen LogP) is 4.85. The molecule has 2 heterocycles. The third-order valence-electron chi connectivity index (χ3n) is 10.1. The molecule has 2 fully saturated rings. The number of hydrogen-bond donors (Lipinski definition) is 2. The summed E-state index contributed by atoms with van der Waals surface area (Å²) in [7, 11) is 10.5. The van der Waals surface area contributed by atoms with Crippen molar-refractivity contribution in [2.45, 2.75) is 77.4 Å². The first-order chi connectivity index (χ1) is 29.3. The quantitative estimate of drug-likeness (QED) is 0.144. The van der Waals surface area contributed by atoms with E-state index in [4.69, 9.17) is 18.9 Å². The molecule has 2 N–H and O–H groups in total. The number of fused-ring (bicyclic) bond motifs is 2. The van der Waals surface area contributed by atoms with Crippen molar-refractivity contribution in [3.63, 3.8) is 0 Å². The summed E-state index contributed by atoms with van der Waals surface area (Å²) >= 11 is 0. The lowest BCUT2D eigenvalue weighted by Gasteiger charge is -2.19. The number of rotatable bonds is 10. The average Bonchev–Trinajstić information content (AvgIpc) is 3.63. The molecule has 2 aliphatic heterocycles. The summed E-state index contributed by atoms with van der Waals surface area (Å²) < 4.78 is 79.5. The number of ether oxygens (including phenoxy) is 4. The van der Waals surface area contributed by atoms with Crippen LogP contribution in [0.25, 0.3) is 0 Å². The first kappa shape index (κ1) is 49.1. The van der Waals surface area contributed by atoms with Crippen LogP contribution in [0.1, 0.15) is 77.8 Å². The minimum atomic E-state index is -0.869. The van der Waals surface area contributed by atoms with Crippen molar-refractivity contribution in [3.8, 4) is 0 Å². The van der Waals surface area contributed by atoms with Gasteiger partial charge >= 0.3 is 12.2 Å². The van der Waals surface area contributed by atoms with Crippen LogP contribution in [0.15, 0.2) is 23.9 Å². The fourth-order valence-corrected chi connectivity index (χ4v) is 7.30. The van der Waals surface area contributed by atoms with Gasteiger partial charge in [0.1, 0.15) is 23.8 Å². The van der Waals surface area contributed by atoms with E-state index in [-0.39, 0.29) is 97.3 Å². The fraction of sp³-hybridized carbons (Fsp3) is 0.524. The number of carbonyl (C=O) groups excluding carboxylic acids is 6. The Morgan fingerprint density at radius 1 is 0.742 bits per heavy atom. The van der Waals surface area contributed by atoms with Crippen molar-refractivity contribution < 1.29 is 65.3 Å². The number of anilines is 2. The van der Waals surface area contributed by atoms with Gasteiger partial charge in [-0.3, -0.25) is 33.9 Å². The van der Waals surface area contributed by atoms with E-state index >= 15 is 4.39 Å². The van der Waals surface area contributed by atoms with E-state index in [1.807, 2.05) is 19.0 Å². The molecule has 0 unspecified atom stereocenters. The second-order valence-electron chi connectivity index (χ2n) is 15.4. The van der Waals surface area contributed by atoms with E-state index in [2.05, 4.69) is 10.6 Å². The average molecular weight is 879 g/mol. The van der Waals surface area contributed by atoms with Crippen molar-refractivity contribution in [2.24, 2.45) is 0 Å². The van der Waals surface area contributed by atoms with E-state index in [1.165, 1.54) is 13.8 Å². The maximum atomic E-state index is 15.3. The van der Waals surface area contributed by atoms with Crippen LogP contribution in [0.2, 0.25) is 0 Å². The highest BCUT2D eigenvalue weighted by atomic mass is 19.1. The number of carbonyl (C=O) groups is 6. The van der Waals surface area contributed by atoms with Crippen LogP contribution in [0.4, 0.5) is 38.5 Å². The standard InChI is InChI=1S/C20H23F2N3O4.C17H18F2N2O4.C5H13NO2/c1-11(26)23-8-13-10-25(20(28)29-13)16-7-15(21)17-14(18(16)22)6-4-5-12(19(17)27)9-24(2)3;1-9(22)20-7-10-8-21(17(24)25-10)13-6-12(18)15-11(16(13)19)4-2-3-5-14(15)23;1-6(2)5(7-3)8-4/h7,9,13H,4-6,8,10H2,1-3H3,(H,23,26);6,10H,2-5,7-8H2,1H3,(H,20,22);5H,1-4H3/b12-9+;;/t13-;10-;/m00./s1. The van der Waals surface area contributed by atoms with E-state index < -0.39 is 59.2 Å². The molecule has 0 spiro atoms. The van der Waals surface area contributed by atoms with Crippen molar-refractivity contribution in [2.75, 3.05) is 78.4 Å². The summed E-state index contributed by atoms with van der Waals surface area (Å²) in [5.41, 5.74) is -0.567. The number of hydrogen-bond acceptors (Lipinski definition) is 12. The number of methoxy groups -OCH3 is 2. The van der Waals surface area contributed by atoms with E-state index in [0.717, 1.165) is 21.9 Å². The highest BCUT2D eigenvalue weighted by Crippen LogP contribution is 2.36. The predicted molar refractivity (Wildman–Crippen MR) is 218 cm³/mol. The summed E-state index contributed by atoms with van der Waals surface area (Å²) in [5.74, 6) is -4.77. The van der Waals surface area contributed by atoms with Crippen molar-refractivity contribution in [3.05, 3.63) is 69.4 Å². The minimum absolute atomic E-state index is 0.0117. The van der Waals surface area contributed by atoms with Gasteiger partial charge < -0.3 is 34.5 Å². The number of halogens is 4. The minimum Gasteiger partial charge on any atom is -0.442 e. The van der Waals surface area contributed by atoms with Gasteiger partial charge in [0, 0.05) is 83.6 Å². The third-order valence-corrected chi connectivity index (χ3v) is 10.1. The molecular weight excluding hydrogens is 824 g/mol. The molecule has 2 atom stereocenters. The van der Waals surface area contributed by atoms with Gasteiger partial charge in [-0.1, -0.05) is 0 Å². The summed E-state index contributed by atoms with van der Waals surface area (Å²) in [6, 6.07) is 1.74. The van der Waals surface area contributed by atoms with Gasteiger partial charge in [-0.25, -0.2) is 27.2 Å². The Kier molecular flexibility index (Phi) is 17.4. The van der Waals surface area contributed by atoms with E-state index in [0.29, 0.717) is 31.3 Å². The zero-order chi connectivity index (χ0) is 46.0. The second kappa shape index (κ2) is 22.0. The third kappa shape index (κ3) is 12.1.